The molecule has 8 heteroatoms. The van der Waals surface area contributed by atoms with Crippen molar-refractivity contribution in [3.63, 3.8) is 0 Å². The Morgan fingerprint density at radius 1 is 1.12 bits per heavy atom. The summed E-state index contributed by atoms with van der Waals surface area (Å²) in [5.41, 5.74) is 4.21. The molecule has 34 heavy (non-hydrogen) atoms. The minimum absolute atomic E-state index is 0.0352. The van der Waals surface area contributed by atoms with E-state index in [2.05, 4.69) is 50.0 Å². The number of hydrogen-bond donors (Lipinski definition) is 1. The van der Waals surface area contributed by atoms with Crippen LogP contribution in [0.4, 0.5) is 16.2 Å². The van der Waals surface area contributed by atoms with E-state index in [0.717, 1.165) is 29.0 Å². The molecule has 2 aliphatic heterocycles. The van der Waals surface area contributed by atoms with Gasteiger partial charge in [0.15, 0.2) is 0 Å². The van der Waals surface area contributed by atoms with Crippen LogP contribution in [0.15, 0.2) is 35.9 Å². The molecule has 2 aromatic rings. The molecule has 1 unspecified atom stereocenters. The van der Waals surface area contributed by atoms with Crippen molar-refractivity contribution in [2.45, 2.75) is 52.5 Å². The van der Waals surface area contributed by atoms with Crippen molar-refractivity contribution in [1.29, 1.82) is 0 Å². The number of imide groups is 2. The lowest BCUT2D eigenvalue weighted by Crippen LogP contribution is -2.54. The molecule has 1 saturated heterocycles. The normalized spacial score (nSPS) is 21.1. The molecule has 6 nitrogen and oxygen atoms in total. The highest BCUT2D eigenvalue weighted by Crippen LogP contribution is 2.44. The van der Waals surface area contributed by atoms with Gasteiger partial charge in [-0.1, -0.05) is 30.1 Å². The molecule has 2 aliphatic rings. The largest absolute Gasteiger partial charge is 0.366 e. The lowest BCUT2D eigenvalue weighted by atomic mass is 9.79. The maximum absolute atomic E-state index is 13.3. The van der Waals surface area contributed by atoms with Gasteiger partial charge < -0.3 is 4.90 Å². The molecule has 2 heterocycles. The van der Waals surface area contributed by atoms with Gasteiger partial charge >= 0.3 is 6.03 Å². The van der Waals surface area contributed by atoms with Gasteiger partial charge in [0.25, 0.3) is 11.8 Å². The third-order valence-electron chi connectivity index (χ3n) is 6.65. The van der Waals surface area contributed by atoms with Gasteiger partial charge in [-0.2, -0.15) is 0 Å². The van der Waals surface area contributed by atoms with Gasteiger partial charge in [-0.15, -0.1) is 0 Å². The van der Waals surface area contributed by atoms with Crippen molar-refractivity contribution in [3.05, 3.63) is 62.6 Å². The van der Waals surface area contributed by atoms with Crippen LogP contribution in [0.2, 0.25) is 10.0 Å². The number of amides is 4. The molecule has 4 amide bonds. The summed E-state index contributed by atoms with van der Waals surface area (Å²) in [6.45, 7) is 11.7. The summed E-state index contributed by atoms with van der Waals surface area (Å²) in [5.74, 6) is -1.13. The molecule has 0 radical (unpaired) electrons. The fourth-order valence-electron chi connectivity index (χ4n) is 5.08. The fraction of sp³-hybridized carbons (Fsp3) is 0.346. The minimum Gasteiger partial charge on any atom is -0.366 e. The van der Waals surface area contributed by atoms with Crippen molar-refractivity contribution in [3.8, 4) is 0 Å². The molecule has 0 saturated carbocycles. The van der Waals surface area contributed by atoms with Gasteiger partial charge in [-0.25, -0.2) is 9.69 Å². The van der Waals surface area contributed by atoms with Crippen molar-refractivity contribution < 1.29 is 14.4 Å². The SMILES string of the molecule is CCN1c2cc(C)c(/C=C3/C(=O)NC(=O)N(c4ccc(Cl)c(Cl)c4)C3=O)cc2C(C)CC1(C)C. The highest BCUT2D eigenvalue weighted by atomic mass is 35.5. The molecule has 1 N–H and O–H groups in total. The molecule has 0 aromatic heterocycles. The summed E-state index contributed by atoms with van der Waals surface area (Å²) >= 11 is 12.1. The molecule has 2 aromatic carbocycles. The maximum atomic E-state index is 13.3. The van der Waals surface area contributed by atoms with E-state index in [0.29, 0.717) is 10.9 Å². The summed E-state index contributed by atoms with van der Waals surface area (Å²) < 4.78 is 0. The number of rotatable bonds is 3. The number of halogens is 2. The molecule has 0 spiro atoms. The first-order valence-corrected chi connectivity index (χ1v) is 12.0. The van der Waals surface area contributed by atoms with E-state index in [1.165, 1.54) is 29.4 Å². The first-order valence-electron chi connectivity index (χ1n) is 11.2. The van der Waals surface area contributed by atoms with E-state index in [4.69, 9.17) is 23.2 Å². The lowest BCUT2D eigenvalue weighted by molar-refractivity contribution is -0.122. The second-order valence-electron chi connectivity index (χ2n) is 9.49. The standard InChI is InChI=1S/C26H27Cl2N3O3/c1-6-30-22-9-14(2)16(10-18(22)15(3)13-26(30,4)5)11-19-23(32)29-25(34)31(24(19)33)17-7-8-20(27)21(28)12-17/h7-12,15H,6,13H2,1-5H3,(H,29,32,34)/b19-11-. The minimum atomic E-state index is -0.831. The number of benzene rings is 2. The molecular formula is C26H27Cl2N3O3. The predicted molar refractivity (Wildman–Crippen MR) is 137 cm³/mol. The zero-order valence-electron chi connectivity index (χ0n) is 19.8. The second-order valence-corrected chi connectivity index (χ2v) is 10.3. The van der Waals surface area contributed by atoms with E-state index in [9.17, 15) is 14.4 Å². The fourth-order valence-corrected chi connectivity index (χ4v) is 5.37. The smallest absolute Gasteiger partial charge is 0.335 e. The number of urea groups is 1. The van der Waals surface area contributed by atoms with Crippen LogP contribution in [-0.2, 0) is 9.59 Å². The molecule has 1 fully saturated rings. The number of carbonyl (C=O) groups excluding carboxylic acids is 3. The Kier molecular flexibility index (Phi) is 6.25. The highest BCUT2D eigenvalue weighted by molar-refractivity contribution is 6.43. The first kappa shape index (κ1) is 24.3. The number of hydrogen-bond acceptors (Lipinski definition) is 4. The Hall–Kier alpha value is -2.83. The van der Waals surface area contributed by atoms with Crippen LogP contribution in [0.1, 0.15) is 56.7 Å². The predicted octanol–water partition coefficient (Wildman–Crippen LogP) is 6.08. The maximum Gasteiger partial charge on any atom is 0.335 e. The van der Waals surface area contributed by atoms with Crippen LogP contribution in [0.25, 0.3) is 6.08 Å². The van der Waals surface area contributed by atoms with Gasteiger partial charge in [0.05, 0.1) is 15.7 Å². The van der Waals surface area contributed by atoms with Gasteiger partial charge in [-0.05, 0) is 93.1 Å². The van der Waals surface area contributed by atoms with Gasteiger partial charge in [0, 0.05) is 17.8 Å². The average molecular weight is 500 g/mol. The Morgan fingerprint density at radius 2 is 1.82 bits per heavy atom. The highest BCUT2D eigenvalue weighted by Gasteiger charge is 2.38. The summed E-state index contributed by atoms with van der Waals surface area (Å²) in [5, 5.41) is 2.75. The Balaban J connectivity index is 1.78. The lowest BCUT2D eigenvalue weighted by Gasteiger charge is -2.47. The average Bonchev–Trinajstić information content (AvgIpc) is 2.73. The van der Waals surface area contributed by atoms with E-state index in [-0.39, 0.29) is 21.8 Å². The zero-order chi connectivity index (χ0) is 24.9. The van der Waals surface area contributed by atoms with E-state index in [1.54, 1.807) is 6.08 Å². The number of nitrogens with zero attached hydrogens (tertiary/aromatic N) is 2. The molecule has 4 rings (SSSR count). The van der Waals surface area contributed by atoms with E-state index < -0.39 is 17.8 Å². The first-order chi connectivity index (χ1) is 15.9. The summed E-state index contributed by atoms with van der Waals surface area (Å²) in [4.78, 5) is 41.7. The number of aryl methyl sites for hydroxylation is 1. The van der Waals surface area contributed by atoms with Gasteiger partial charge in [-0.3, -0.25) is 14.9 Å². The van der Waals surface area contributed by atoms with Crippen LogP contribution >= 0.6 is 23.2 Å². The zero-order valence-corrected chi connectivity index (χ0v) is 21.3. The van der Waals surface area contributed by atoms with E-state index in [1.807, 2.05) is 6.92 Å². The van der Waals surface area contributed by atoms with Crippen LogP contribution in [-0.4, -0.2) is 29.9 Å². The van der Waals surface area contributed by atoms with Gasteiger partial charge in [0.2, 0.25) is 0 Å². The molecule has 0 bridgehead atoms. The molecule has 178 valence electrons. The van der Waals surface area contributed by atoms with Crippen LogP contribution < -0.4 is 15.1 Å². The molecule has 0 aliphatic carbocycles. The Morgan fingerprint density at radius 3 is 2.47 bits per heavy atom. The summed E-state index contributed by atoms with van der Waals surface area (Å²) in [6, 6.07) is 7.77. The quantitative estimate of drug-likeness (QED) is 0.410. The number of anilines is 2. The third-order valence-corrected chi connectivity index (χ3v) is 7.39. The topological polar surface area (TPSA) is 69.7 Å². The Bertz CT molecular complexity index is 1250. The van der Waals surface area contributed by atoms with Crippen molar-refractivity contribution in [2.75, 3.05) is 16.3 Å². The third kappa shape index (κ3) is 4.10. The number of barbiturate groups is 1. The molecule has 1 atom stereocenters. The number of fused-ring (bicyclic) bond motifs is 1. The van der Waals surface area contributed by atoms with Crippen molar-refractivity contribution in [1.82, 2.24) is 5.32 Å². The number of nitrogens with one attached hydrogen (secondary N) is 1. The summed E-state index contributed by atoms with van der Waals surface area (Å²) in [7, 11) is 0. The number of carbonyl (C=O) groups is 3. The van der Waals surface area contributed by atoms with Crippen molar-refractivity contribution >= 4 is 58.5 Å². The Labute approximate surface area is 209 Å². The van der Waals surface area contributed by atoms with Gasteiger partial charge in [0.1, 0.15) is 5.57 Å². The summed E-state index contributed by atoms with van der Waals surface area (Å²) in [6.07, 6.45) is 2.55. The van der Waals surface area contributed by atoms with E-state index >= 15 is 0 Å². The molecular weight excluding hydrogens is 473 g/mol. The monoisotopic (exact) mass is 499 g/mol. The van der Waals surface area contributed by atoms with Crippen LogP contribution in [0, 0.1) is 6.92 Å². The second kappa shape index (κ2) is 8.75. The van der Waals surface area contributed by atoms with Crippen molar-refractivity contribution in [2.24, 2.45) is 0 Å². The van der Waals surface area contributed by atoms with Crippen LogP contribution in [0.5, 0.6) is 0 Å². The van der Waals surface area contributed by atoms with Crippen LogP contribution in [0.3, 0.4) is 0 Å².